The zero-order valence-electron chi connectivity index (χ0n) is 21.6. The van der Waals surface area contributed by atoms with Crippen LogP contribution in [0.4, 0.5) is 0 Å². The van der Waals surface area contributed by atoms with Crippen molar-refractivity contribution in [3.63, 3.8) is 0 Å². The molecule has 0 spiro atoms. The van der Waals surface area contributed by atoms with Gasteiger partial charge in [0.15, 0.2) is 6.20 Å². The van der Waals surface area contributed by atoms with Gasteiger partial charge < -0.3 is 4.57 Å². The largest absolute Gasteiger partial charge is 0.317 e. The smallest absolute Gasteiger partial charge is 0.212 e. The van der Waals surface area contributed by atoms with Crippen LogP contribution in [-0.2, 0) is 13.5 Å². The Morgan fingerprint density at radius 2 is 1.61 bits per heavy atom. The van der Waals surface area contributed by atoms with E-state index in [1.165, 1.54) is 66.9 Å². The van der Waals surface area contributed by atoms with E-state index in [0.717, 1.165) is 6.42 Å². The van der Waals surface area contributed by atoms with Crippen LogP contribution in [0.1, 0.15) is 31.4 Å². The van der Waals surface area contributed by atoms with E-state index in [4.69, 9.17) is 0 Å². The van der Waals surface area contributed by atoms with Crippen LogP contribution in [-0.4, -0.2) is 4.57 Å². The first kappa shape index (κ1) is 22.5. The maximum absolute atomic E-state index is 2.37. The molecule has 0 amide bonds. The minimum atomic E-state index is 0.716. The van der Waals surface area contributed by atoms with E-state index in [0.29, 0.717) is 5.92 Å². The number of fused-ring (bicyclic) bond motifs is 4. The third-order valence-electron chi connectivity index (χ3n) is 7.51. The van der Waals surface area contributed by atoms with Crippen LogP contribution in [0.5, 0.6) is 0 Å². The monoisotopic (exact) mass is 469 g/mol. The number of aromatic nitrogens is 2. The summed E-state index contributed by atoms with van der Waals surface area (Å²) in [5.74, 6) is 0.716. The molecular weight excluding hydrogens is 436 g/mol. The standard InChI is InChI=1S/C34H33N2/c1-23(2)11-12-25-8-6-10-30(19-25)36-18-17-26-13-14-28(21-33(26)36)27-15-16-32-31(20-27)34-24(3)7-5-9-29(34)22-35(32)4/h5-10,13-23H,11-12H2,1-4H3/q+1. The highest BCUT2D eigenvalue weighted by atomic mass is 15.0. The van der Waals surface area contributed by atoms with Crippen LogP contribution < -0.4 is 4.57 Å². The van der Waals surface area contributed by atoms with E-state index in [9.17, 15) is 0 Å². The number of hydrogen-bond acceptors (Lipinski definition) is 0. The maximum atomic E-state index is 2.37. The van der Waals surface area contributed by atoms with Crippen molar-refractivity contribution in [3.8, 4) is 16.8 Å². The lowest BCUT2D eigenvalue weighted by atomic mass is 9.97. The van der Waals surface area contributed by atoms with Gasteiger partial charge in [0.05, 0.1) is 10.9 Å². The lowest BCUT2D eigenvalue weighted by Gasteiger charge is -2.11. The lowest BCUT2D eigenvalue weighted by molar-refractivity contribution is -0.643. The molecule has 0 radical (unpaired) electrons. The highest BCUT2D eigenvalue weighted by Gasteiger charge is 2.14. The van der Waals surface area contributed by atoms with Crippen molar-refractivity contribution >= 4 is 32.6 Å². The molecule has 0 saturated carbocycles. The topological polar surface area (TPSA) is 8.81 Å². The molecule has 0 unspecified atom stereocenters. The zero-order chi connectivity index (χ0) is 24.8. The average Bonchev–Trinajstić information content (AvgIpc) is 3.31. The summed E-state index contributed by atoms with van der Waals surface area (Å²) in [6.45, 7) is 6.80. The highest BCUT2D eigenvalue weighted by Crippen LogP contribution is 2.32. The molecule has 0 N–H and O–H groups in total. The summed E-state index contributed by atoms with van der Waals surface area (Å²) in [5.41, 5.74) is 8.94. The number of aryl methyl sites for hydroxylation is 3. The summed E-state index contributed by atoms with van der Waals surface area (Å²) in [4.78, 5) is 0. The maximum Gasteiger partial charge on any atom is 0.212 e. The van der Waals surface area contributed by atoms with Crippen molar-refractivity contribution in [2.24, 2.45) is 13.0 Å². The van der Waals surface area contributed by atoms with E-state index in [1.54, 1.807) is 0 Å². The third kappa shape index (κ3) is 3.97. The van der Waals surface area contributed by atoms with Crippen LogP contribution in [0.2, 0.25) is 0 Å². The molecule has 178 valence electrons. The highest BCUT2D eigenvalue weighted by molar-refractivity contribution is 6.07. The van der Waals surface area contributed by atoms with Crippen LogP contribution in [0, 0.1) is 12.8 Å². The lowest BCUT2D eigenvalue weighted by Crippen LogP contribution is -2.28. The van der Waals surface area contributed by atoms with E-state index < -0.39 is 0 Å². The Bertz CT molecular complexity index is 1740. The third-order valence-corrected chi connectivity index (χ3v) is 7.51. The minimum absolute atomic E-state index is 0.716. The molecule has 0 saturated heterocycles. The normalized spacial score (nSPS) is 11.8. The molecule has 6 rings (SSSR count). The van der Waals surface area contributed by atoms with Crippen molar-refractivity contribution in [1.82, 2.24) is 4.57 Å². The first-order chi connectivity index (χ1) is 17.5. The van der Waals surface area contributed by atoms with Gasteiger partial charge >= 0.3 is 0 Å². The summed E-state index contributed by atoms with van der Waals surface area (Å²) >= 11 is 0. The molecule has 0 bridgehead atoms. The van der Waals surface area contributed by atoms with Gasteiger partial charge in [-0.05, 0) is 95.8 Å². The van der Waals surface area contributed by atoms with Gasteiger partial charge in [-0.2, -0.15) is 0 Å². The van der Waals surface area contributed by atoms with Gasteiger partial charge in [-0.15, -0.1) is 0 Å². The van der Waals surface area contributed by atoms with Crippen molar-refractivity contribution < 1.29 is 4.57 Å². The van der Waals surface area contributed by atoms with E-state index in [2.05, 4.69) is 134 Å². The average molecular weight is 470 g/mol. The number of pyridine rings is 1. The van der Waals surface area contributed by atoms with Gasteiger partial charge in [-0.1, -0.05) is 50.2 Å². The second-order valence-corrected chi connectivity index (χ2v) is 10.6. The van der Waals surface area contributed by atoms with Crippen molar-refractivity contribution in [2.45, 2.75) is 33.6 Å². The van der Waals surface area contributed by atoms with Crippen LogP contribution >= 0.6 is 0 Å². The second kappa shape index (κ2) is 8.95. The van der Waals surface area contributed by atoms with Gasteiger partial charge in [0.25, 0.3) is 0 Å². The van der Waals surface area contributed by atoms with Crippen LogP contribution in [0.15, 0.2) is 97.3 Å². The summed E-state index contributed by atoms with van der Waals surface area (Å²) in [5, 5.41) is 5.19. The van der Waals surface area contributed by atoms with Crippen LogP contribution in [0.25, 0.3) is 49.4 Å². The molecule has 0 aliphatic carbocycles. The molecule has 2 aromatic heterocycles. The summed E-state index contributed by atoms with van der Waals surface area (Å²) in [6.07, 6.45) is 6.78. The number of benzene rings is 4. The molecule has 2 nitrogen and oxygen atoms in total. The molecule has 36 heavy (non-hydrogen) atoms. The molecule has 4 aromatic carbocycles. The van der Waals surface area contributed by atoms with Gasteiger partial charge in [0.2, 0.25) is 5.52 Å². The SMILES string of the molecule is Cc1cccc2c[n+](C)c3ccc(-c4ccc5ccn(-c6cccc(CCC(C)C)c6)c5c4)cc3c12. The van der Waals surface area contributed by atoms with Crippen LogP contribution in [0.3, 0.4) is 0 Å². The Hall–Kier alpha value is -3.91. The Balaban J connectivity index is 1.47. The quantitative estimate of drug-likeness (QED) is 0.177. The van der Waals surface area contributed by atoms with Gasteiger partial charge in [-0.3, -0.25) is 0 Å². The van der Waals surface area contributed by atoms with Gasteiger partial charge in [-0.25, -0.2) is 4.57 Å². The van der Waals surface area contributed by atoms with Crippen molar-refractivity contribution in [3.05, 3.63) is 108 Å². The number of rotatable bonds is 5. The zero-order valence-corrected chi connectivity index (χ0v) is 21.6. The van der Waals surface area contributed by atoms with Crippen molar-refractivity contribution in [2.75, 3.05) is 0 Å². The molecule has 0 aliphatic rings. The van der Waals surface area contributed by atoms with Crippen molar-refractivity contribution in [1.29, 1.82) is 0 Å². The predicted octanol–water partition coefficient (Wildman–Crippen LogP) is 8.33. The first-order valence-electron chi connectivity index (χ1n) is 13.0. The summed E-state index contributed by atoms with van der Waals surface area (Å²) < 4.78 is 4.57. The Labute approximate surface area is 213 Å². The molecule has 6 aromatic rings. The van der Waals surface area contributed by atoms with E-state index in [1.807, 2.05) is 0 Å². The summed E-state index contributed by atoms with van der Waals surface area (Å²) in [7, 11) is 2.14. The van der Waals surface area contributed by atoms with Gasteiger partial charge in [0.1, 0.15) is 7.05 Å². The Morgan fingerprint density at radius 1 is 0.806 bits per heavy atom. The number of nitrogens with zero attached hydrogens (tertiary/aromatic N) is 2. The Kier molecular flexibility index (Phi) is 5.60. The fraction of sp³-hybridized carbons (Fsp3) is 0.206. The second-order valence-electron chi connectivity index (χ2n) is 10.6. The molecular formula is C34H33N2+. The molecule has 2 heterocycles. The predicted molar refractivity (Wildman–Crippen MR) is 153 cm³/mol. The van der Waals surface area contributed by atoms with Gasteiger partial charge in [0, 0.05) is 28.7 Å². The number of hydrogen-bond donors (Lipinski definition) is 0. The summed E-state index contributed by atoms with van der Waals surface area (Å²) in [6, 6.07) is 31.5. The minimum Gasteiger partial charge on any atom is -0.317 e. The van der Waals surface area contributed by atoms with E-state index in [-0.39, 0.29) is 0 Å². The molecule has 0 fully saturated rings. The Morgan fingerprint density at radius 3 is 2.47 bits per heavy atom. The first-order valence-corrected chi connectivity index (χ1v) is 13.0. The fourth-order valence-electron chi connectivity index (χ4n) is 5.52. The molecule has 0 aliphatic heterocycles. The molecule has 2 heteroatoms. The molecule has 0 atom stereocenters. The van der Waals surface area contributed by atoms with E-state index >= 15 is 0 Å². The fourth-order valence-corrected chi connectivity index (χ4v) is 5.52.